The Kier molecular flexibility index (Phi) is 14.1. The number of sulfonamides is 1. The van der Waals surface area contributed by atoms with Crippen LogP contribution < -0.4 is 21.5 Å². The monoisotopic (exact) mass is 630 g/mol. The van der Waals surface area contributed by atoms with Crippen molar-refractivity contribution in [2.24, 2.45) is 11.5 Å². The van der Waals surface area contributed by atoms with Crippen molar-refractivity contribution in [2.75, 3.05) is 6.54 Å². The molecule has 0 fully saturated rings. The van der Waals surface area contributed by atoms with Crippen LogP contribution in [0.5, 0.6) is 0 Å². The number of carboxylic acid groups (broad SMARTS) is 2. The molecule has 0 atom stereocenters. The molecular formula is C22H24F6N6O7S. The van der Waals surface area contributed by atoms with Crippen LogP contribution in [0.1, 0.15) is 23.1 Å². The number of hydrogen-bond donors (Lipinski definition) is 8. The van der Waals surface area contributed by atoms with Crippen molar-refractivity contribution >= 4 is 39.5 Å². The summed E-state index contributed by atoms with van der Waals surface area (Å²) < 4.78 is 90.2. The van der Waals surface area contributed by atoms with Crippen molar-refractivity contribution in [3.63, 3.8) is 0 Å². The minimum atomic E-state index is -5.08. The van der Waals surface area contributed by atoms with Gasteiger partial charge in [-0.15, -0.1) is 0 Å². The van der Waals surface area contributed by atoms with Gasteiger partial charge in [0.1, 0.15) is 11.7 Å². The maximum absolute atomic E-state index is 12.2. The van der Waals surface area contributed by atoms with E-state index in [1.165, 1.54) is 24.3 Å². The minimum absolute atomic E-state index is 0.0176. The molecule has 0 aliphatic rings. The van der Waals surface area contributed by atoms with Crippen LogP contribution in [0.4, 0.5) is 26.3 Å². The summed E-state index contributed by atoms with van der Waals surface area (Å²) in [5.41, 5.74) is 12.6. The number of carboxylic acids is 2. The largest absolute Gasteiger partial charge is 0.490 e. The van der Waals surface area contributed by atoms with Gasteiger partial charge in [-0.25, -0.2) is 22.7 Å². The Balaban J connectivity index is 0.000000990. The number of nitrogens with one attached hydrogen (secondary N) is 4. The van der Waals surface area contributed by atoms with Gasteiger partial charge in [-0.3, -0.25) is 15.6 Å². The third kappa shape index (κ3) is 14.6. The summed E-state index contributed by atoms with van der Waals surface area (Å²) in [4.78, 5) is 29.7. The van der Waals surface area contributed by atoms with E-state index in [2.05, 4.69) is 10.0 Å². The fourth-order valence-corrected chi connectivity index (χ4v) is 3.32. The van der Waals surface area contributed by atoms with E-state index in [0.717, 1.165) is 5.56 Å². The first-order valence-corrected chi connectivity index (χ1v) is 12.3. The van der Waals surface area contributed by atoms with Crippen LogP contribution in [-0.4, -0.2) is 67.0 Å². The van der Waals surface area contributed by atoms with Gasteiger partial charge in [0.25, 0.3) is 0 Å². The molecular weight excluding hydrogens is 606 g/mol. The van der Waals surface area contributed by atoms with Crippen molar-refractivity contribution in [1.29, 1.82) is 10.8 Å². The Morgan fingerprint density at radius 3 is 1.45 bits per heavy atom. The summed E-state index contributed by atoms with van der Waals surface area (Å²) in [5.74, 6) is -5.99. The number of rotatable bonds is 9. The summed E-state index contributed by atoms with van der Waals surface area (Å²) in [7, 11) is -3.75. The Bertz CT molecular complexity index is 1340. The minimum Gasteiger partial charge on any atom is -0.475 e. The Morgan fingerprint density at radius 1 is 0.762 bits per heavy atom. The number of benzene rings is 2. The number of amidine groups is 2. The number of nitrogens with two attached hydrogens (primary N) is 2. The fraction of sp³-hybridized carbons (Fsp3) is 0.227. The number of nitrogen functional groups attached to an aromatic ring is 2. The maximum atomic E-state index is 12.2. The van der Waals surface area contributed by atoms with Crippen LogP contribution >= 0.6 is 0 Å². The van der Waals surface area contributed by atoms with Crippen molar-refractivity contribution in [3.05, 3.63) is 65.2 Å². The van der Waals surface area contributed by atoms with Gasteiger partial charge in [-0.05, 0) is 29.8 Å². The second-order valence-electron chi connectivity index (χ2n) is 7.58. The van der Waals surface area contributed by atoms with Crippen LogP contribution in [0.3, 0.4) is 0 Å². The number of hydrogen-bond acceptors (Lipinski definition) is 7. The van der Waals surface area contributed by atoms with Gasteiger partial charge in [0.15, 0.2) is 0 Å². The average molecular weight is 631 g/mol. The third-order valence-corrected chi connectivity index (χ3v) is 5.84. The second-order valence-corrected chi connectivity index (χ2v) is 9.35. The molecule has 0 aliphatic heterocycles. The lowest BCUT2D eigenvalue weighted by Gasteiger charge is -2.09. The molecule has 0 radical (unpaired) electrons. The van der Waals surface area contributed by atoms with E-state index in [-0.39, 0.29) is 42.0 Å². The van der Waals surface area contributed by atoms with Gasteiger partial charge in [0, 0.05) is 30.6 Å². The van der Waals surface area contributed by atoms with Crippen molar-refractivity contribution < 1.29 is 59.4 Å². The lowest BCUT2D eigenvalue weighted by atomic mass is 10.1. The highest BCUT2D eigenvalue weighted by Gasteiger charge is 2.38. The fourth-order valence-electron chi connectivity index (χ4n) is 2.29. The highest BCUT2D eigenvalue weighted by atomic mass is 32.2. The van der Waals surface area contributed by atoms with Crippen LogP contribution in [0.2, 0.25) is 0 Å². The van der Waals surface area contributed by atoms with Crippen LogP contribution in [-0.2, 0) is 31.0 Å². The number of carbonyl (C=O) groups excluding carboxylic acids is 1. The molecule has 0 aromatic heterocycles. The molecule has 0 bridgehead atoms. The van der Waals surface area contributed by atoms with Gasteiger partial charge in [0.2, 0.25) is 15.9 Å². The summed E-state index contributed by atoms with van der Waals surface area (Å²) in [6.07, 6.45) is -10.2. The topological polar surface area (TPSA) is 250 Å². The normalized spacial score (nSPS) is 11.1. The van der Waals surface area contributed by atoms with Gasteiger partial charge in [0.05, 0.1) is 4.90 Å². The molecule has 0 unspecified atom stereocenters. The second kappa shape index (κ2) is 15.9. The highest BCUT2D eigenvalue weighted by Crippen LogP contribution is 2.14. The van der Waals surface area contributed by atoms with E-state index in [1.54, 1.807) is 24.3 Å². The molecule has 20 heteroatoms. The molecule has 10 N–H and O–H groups in total. The number of carbonyl (C=O) groups is 3. The van der Waals surface area contributed by atoms with E-state index < -0.39 is 34.3 Å². The van der Waals surface area contributed by atoms with Crippen LogP contribution in [0.25, 0.3) is 0 Å². The van der Waals surface area contributed by atoms with Gasteiger partial charge >= 0.3 is 24.3 Å². The lowest BCUT2D eigenvalue weighted by molar-refractivity contribution is -0.193. The number of amides is 1. The highest BCUT2D eigenvalue weighted by molar-refractivity contribution is 7.89. The van der Waals surface area contributed by atoms with E-state index in [9.17, 15) is 39.6 Å². The lowest BCUT2D eigenvalue weighted by Crippen LogP contribution is -2.30. The number of halogens is 6. The zero-order valence-corrected chi connectivity index (χ0v) is 21.8. The molecule has 0 saturated heterocycles. The van der Waals surface area contributed by atoms with E-state index in [1.807, 2.05) is 0 Å². The zero-order valence-electron chi connectivity index (χ0n) is 21.0. The van der Waals surface area contributed by atoms with Crippen molar-refractivity contribution in [1.82, 2.24) is 10.0 Å². The molecule has 0 saturated carbocycles. The molecule has 13 nitrogen and oxygen atoms in total. The number of aliphatic carboxylic acids is 2. The summed E-state index contributed by atoms with van der Waals surface area (Å²) >= 11 is 0. The predicted molar refractivity (Wildman–Crippen MR) is 134 cm³/mol. The predicted octanol–water partition coefficient (Wildman–Crippen LogP) is 1.51. The molecule has 232 valence electrons. The molecule has 42 heavy (non-hydrogen) atoms. The summed E-state index contributed by atoms with van der Waals surface area (Å²) in [6.45, 7) is 0.238. The van der Waals surface area contributed by atoms with E-state index >= 15 is 0 Å². The molecule has 2 rings (SSSR count). The first-order chi connectivity index (χ1) is 19.1. The molecule has 0 heterocycles. The smallest absolute Gasteiger partial charge is 0.475 e. The Morgan fingerprint density at radius 2 is 1.12 bits per heavy atom. The van der Waals surface area contributed by atoms with Crippen LogP contribution in [0.15, 0.2) is 53.4 Å². The number of alkyl halides is 6. The summed E-state index contributed by atoms with van der Waals surface area (Å²) in [5, 5.41) is 31.6. The maximum Gasteiger partial charge on any atom is 0.490 e. The van der Waals surface area contributed by atoms with Gasteiger partial charge < -0.3 is 27.0 Å². The quantitative estimate of drug-likeness (QED) is 0.113. The SMILES string of the molecule is N=C(N)c1ccc(CNC(=O)CCNS(=O)(=O)c2ccc(C(=N)N)cc2)cc1.O=C(O)C(F)(F)F.O=C(O)C(F)(F)F. The molecule has 2 aromatic rings. The zero-order chi connectivity index (χ0) is 32.9. The van der Waals surface area contributed by atoms with Gasteiger partial charge in [-0.2, -0.15) is 26.3 Å². The third-order valence-electron chi connectivity index (χ3n) is 4.36. The average Bonchev–Trinajstić information content (AvgIpc) is 2.87. The molecule has 2 aromatic carbocycles. The summed E-state index contributed by atoms with van der Waals surface area (Å²) in [6, 6.07) is 12.5. The van der Waals surface area contributed by atoms with Crippen molar-refractivity contribution in [3.8, 4) is 0 Å². The standard InChI is InChI=1S/C18H22N6O3S.2C2HF3O2/c19-17(20)13-3-1-12(2-4-13)11-23-16(25)9-10-24-28(26,27)15-7-5-14(6-8-15)18(21)22;2*3-2(4,5)1(6)7/h1-8,24H,9-11H2,(H3,19,20)(H3,21,22)(H,23,25);2*(H,6,7). The molecule has 0 aliphatic carbocycles. The first kappa shape index (κ1) is 37.3. The van der Waals surface area contributed by atoms with Crippen LogP contribution in [0, 0.1) is 10.8 Å². The van der Waals surface area contributed by atoms with E-state index in [0.29, 0.717) is 11.1 Å². The molecule has 0 spiro atoms. The Hall–Kier alpha value is -4.72. The Labute approximate surface area is 233 Å². The van der Waals surface area contributed by atoms with Crippen molar-refractivity contribution in [2.45, 2.75) is 30.2 Å². The first-order valence-electron chi connectivity index (χ1n) is 10.8. The van der Waals surface area contributed by atoms with Gasteiger partial charge in [-0.1, -0.05) is 24.3 Å². The van der Waals surface area contributed by atoms with E-state index in [4.69, 9.17) is 42.1 Å². The molecule has 1 amide bonds.